The molecule has 8 heavy (non-hydrogen) atoms. The Morgan fingerprint density at radius 1 is 1.75 bits per heavy atom. The van der Waals surface area contributed by atoms with E-state index >= 15 is 0 Å². The van der Waals surface area contributed by atoms with Crippen LogP contribution in [0.1, 0.15) is 0 Å². The molecule has 0 heterocycles. The maximum absolute atomic E-state index is 8.51. The first-order chi connectivity index (χ1) is 3.72. The summed E-state index contributed by atoms with van der Waals surface area (Å²) in [7, 11) is 3.67. The lowest BCUT2D eigenvalue weighted by atomic mass is 10.3. The van der Waals surface area contributed by atoms with Crippen molar-refractivity contribution in [2.75, 3.05) is 20.7 Å². The van der Waals surface area contributed by atoms with Gasteiger partial charge in [0, 0.05) is 0 Å². The molecule has 0 spiro atoms. The smallest absolute Gasteiger partial charge is 0.0941 e. The molecule has 0 bridgehead atoms. The van der Waals surface area contributed by atoms with Crippen molar-refractivity contribution in [3.05, 3.63) is 0 Å². The van der Waals surface area contributed by atoms with Gasteiger partial charge in [0.15, 0.2) is 0 Å². The average molecular weight is 113 g/mol. The molecule has 2 nitrogen and oxygen atoms in total. The normalized spacial score (nSPS) is 13.4. The molecule has 1 N–H and O–H groups in total. The van der Waals surface area contributed by atoms with Gasteiger partial charge in [-0.1, -0.05) is 5.92 Å². The van der Waals surface area contributed by atoms with Gasteiger partial charge in [0.25, 0.3) is 0 Å². The molecular weight excluding hydrogens is 102 g/mol. The van der Waals surface area contributed by atoms with Gasteiger partial charge in [-0.2, -0.15) is 0 Å². The van der Waals surface area contributed by atoms with Crippen LogP contribution >= 0.6 is 0 Å². The van der Waals surface area contributed by atoms with Crippen LogP contribution in [0, 0.1) is 12.3 Å². The van der Waals surface area contributed by atoms with Gasteiger partial charge < -0.3 is 5.11 Å². The second-order valence-electron chi connectivity index (χ2n) is 1.83. The molecule has 0 aromatic heterocycles. The molecule has 2 heteroatoms. The molecule has 0 saturated carbocycles. The van der Waals surface area contributed by atoms with E-state index in [1.165, 1.54) is 0 Å². The lowest BCUT2D eigenvalue weighted by Gasteiger charge is -2.14. The van der Waals surface area contributed by atoms with Crippen LogP contribution in [0.25, 0.3) is 0 Å². The first-order valence-corrected chi connectivity index (χ1v) is 2.45. The summed E-state index contributed by atoms with van der Waals surface area (Å²) in [6.07, 6.45) is 5.03. The van der Waals surface area contributed by atoms with Crippen LogP contribution in [-0.4, -0.2) is 36.8 Å². The summed E-state index contributed by atoms with van der Waals surface area (Å²) in [4.78, 5) is 1.79. The molecule has 0 saturated heterocycles. The van der Waals surface area contributed by atoms with Crippen molar-refractivity contribution in [1.82, 2.24) is 4.90 Å². The standard InChI is InChI=1S/C6H11NO/c1-4-6(5-8)7(2)3/h1,6,8H,5H2,2-3H3. The molecule has 1 unspecified atom stereocenters. The van der Waals surface area contributed by atoms with E-state index in [0.29, 0.717) is 0 Å². The predicted molar refractivity (Wildman–Crippen MR) is 33.4 cm³/mol. The van der Waals surface area contributed by atoms with E-state index in [-0.39, 0.29) is 12.6 Å². The minimum absolute atomic E-state index is 0.0312. The highest BCUT2D eigenvalue weighted by molar-refractivity contribution is 4.97. The number of rotatable bonds is 2. The Balaban J connectivity index is 3.57. The van der Waals surface area contributed by atoms with Gasteiger partial charge >= 0.3 is 0 Å². The van der Waals surface area contributed by atoms with Crippen LogP contribution in [-0.2, 0) is 0 Å². The van der Waals surface area contributed by atoms with Crippen molar-refractivity contribution >= 4 is 0 Å². The second-order valence-corrected chi connectivity index (χ2v) is 1.83. The molecule has 46 valence electrons. The fourth-order valence-corrected chi connectivity index (χ4v) is 0.365. The predicted octanol–water partition coefficient (Wildman–Crippen LogP) is -0.458. The highest BCUT2D eigenvalue weighted by atomic mass is 16.3. The lowest BCUT2D eigenvalue weighted by Crippen LogP contribution is -2.29. The lowest BCUT2D eigenvalue weighted by molar-refractivity contribution is 0.205. The number of likely N-dealkylation sites (N-methyl/N-ethyl adjacent to an activating group) is 1. The molecular formula is C6H11NO. The van der Waals surface area contributed by atoms with Crippen LogP contribution in [0.5, 0.6) is 0 Å². The summed E-state index contributed by atoms with van der Waals surface area (Å²) < 4.78 is 0. The van der Waals surface area contributed by atoms with Crippen molar-refractivity contribution in [3.63, 3.8) is 0 Å². The first kappa shape index (κ1) is 7.48. The third-order valence-corrected chi connectivity index (χ3v) is 0.989. The number of nitrogens with zero attached hydrogens (tertiary/aromatic N) is 1. The Morgan fingerprint density at radius 2 is 2.25 bits per heavy atom. The summed E-state index contributed by atoms with van der Waals surface area (Å²) in [6.45, 7) is 0.0312. The SMILES string of the molecule is C#CC(CO)N(C)C. The quantitative estimate of drug-likeness (QED) is 0.490. The van der Waals surface area contributed by atoms with Gasteiger partial charge in [0.05, 0.1) is 12.6 Å². The number of hydrogen-bond acceptors (Lipinski definition) is 2. The van der Waals surface area contributed by atoms with Crippen molar-refractivity contribution in [3.8, 4) is 12.3 Å². The summed E-state index contributed by atoms with van der Waals surface area (Å²) in [5.41, 5.74) is 0. The summed E-state index contributed by atoms with van der Waals surface area (Å²) in [5.74, 6) is 2.43. The minimum atomic E-state index is -0.130. The monoisotopic (exact) mass is 113 g/mol. The molecule has 0 aliphatic rings. The zero-order chi connectivity index (χ0) is 6.57. The third-order valence-electron chi connectivity index (χ3n) is 0.989. The average Bonchev–Trinajstić information content (AvgIpc) is 1.69. The Kier molecular flexibility index (Phi) is 3.25. The summed E-state index contributed by atoms with van der Waals surface area (Å²) >= 11 is 0. The van der Waals surface area contributed by atoms with Crippen LogP contribution in [0.15, 0.2) is 0 Å². The Morgan fingerprint density at radius 3 is 2.25 bits per heavy atom. The molecule has 0 aromatic carbocycles. The maximum atomic E-state index is 8.51. The van der Waals surface area contributed by atoms with E-state index in [2.05, 4.69) is 5.92 Å². The molecule has 0 radical (unpaired) electrons. The fourth-order valence-electron chi connectivity index (χ4n) is 0.365. The van der Waals surface area contributed by atoms with Crippen LogP contribution in [0.4, 0.5) is 0 Å². The van der Waals surface area contributed by atoms with Gasteiger partial charge in [0.2, 0.25) is 0 Å². The molecule has 0 amide bonds. The van der Waals surface area contributed by atoms with E-state index in [0.717, 1.165) is 0 Å². The second kappa shape index (κ2) is 3.48. The van der Waals surface area contributed by atoms with Gasteiger partial charge in [-0.05, 0) is 14.1 Å². The first-order valence-electron chi connectivity index (χ1n) is 2.45. The number of terminal acetylenes is 1. The topological polar surface area (TPSA) is 23.5 Å². The van der Waals surface area contributed by atoms with Crippen molar-refractivity contribution in [2.45, 2.75) is 6.04 Å². The number of aliphatic hydroxyl groups excluding tert-OH is 1. The van der Waals surface area contributed by atoms with Crippen molar-refractivity contribution in [2.24, 2.45) is 0 Å². The van der Waals surface area contributed by atoms with Gasteiger partial charge in [0.1, 0.15) is 0 Å². The Bertz CT molecular complexity index is 93.2. The van der Waals surface area contributed by atoms with Crippen LogP contribution < -0.4 is 0 Å². The maximum Gasteiger partial charge on any atom is 0.0941 e. The van der Waals surface area contributed by atoms with E-state index < -0.39 is 0 Å². The van der Waals surface area contributed by atoms with E-state index in [9.17, 15) is 0 Å². The van der Waals surface area contributed by atoms with E-state index in [1.54, 1.807) is 4.90 Å². The zero-order valence-corrected chi connectivity index (χ0v) is 5.26. The molecule has 0 rings (SSSR count). The minimum Gasteiger partial charge on any atom is -0.394 e. The van der Waals surface area contributed by atoms with Crippen molar-refractivity contribution in [1.29, 1.82) is 0 Å². The molecule has 0 aliphatic carbocycles. The number of hydrogen-bond donors (Lipinski definition) is 1. The highest BCUT2D eigenvalue weighted by Crippen LogP contribution is 1.86. The third kappa shape index (κ3) is 1.97. The van der Waals surface area contributed by atoms with E-state index in [4.69, 9.17) is 11.5 Å². The molecule has 0 aromatic rings. The Hall–Kier alpha value is -0.520. The van der Waals surface area contributed by atoms with Gasteiger partial charge in [-0.25, -0.2) is 0 Å². The Labute approximate surface area is 50.1 Å². The molecule has 1 atom stereocenters. The zero-order valence-electron chi connectivity index (χ0n) is 5.26. The molecule has 0 fully saturated rings. The van der Waals surface area contributed by atoms with E-state index in [1.807, 2.05) is 14.1 Å². The fraction of sp³-hybridized carbons (Fsp3) is 0.667. The molecule has 0 aliphatic heterocycles. The van der Waals surface area contributed by atoms with Gasteiger partial charge in [-0.3, -0.25) is 4.90 Å². The van der Waals surface area contributed by atoms with Crippen LogP contribution in [0.3, 0.4) is 0 Å². The van der Waals surface area contributed by atoms with Gasteiger partial charge in [-0.15, -0.1) is 6.42 Å². The number of aliphatic hydroxyl groups is 1. The largest absolute Gasteiger partial charge is 0.394 e. The van der Waals surface area contributed by atoms with Crippen molar-refractivity contribution < 1.29 is 5.11 Å². The summed E-state index contributed by atoms with van der Waals surface area (Å²) in [6, 6.07) is -0.130. The highest BCUT2D eigenvalue weighted by Gasteiger charge is 2.02. The van der Waals surface area contributed by atoms with Crippen LogP contribution in [0.2, 0.25) is 0 Å². The summed E-state index contributed by atoms with van der Waals surface area (Å²) in [5, 5.41) is 8.51.